The molecule has 1 aliphatic rings. The number of pyridine rings is 1. The number of nitrogens with one attached hydrogen (secondary N) is 1. The van der Waals surface area contributed by atoms with Gasteiger partial charge in [-0.2, -0.15) is 0 Å². The first-order valence-electron chi connectivity index (χ1n) is 5.38. The van der Waals surface area contributed by atoms with Crippen LogP contribution in [-0.4, -0.2) is 10.9 Å². The van der Waals surface area contributed by atoms with Crippen molar-refractivity contribution in [1.29, 1.82) is 0 Å². The third kappa shape index (κ3) is 1.74. The molecule has 1 aromatic rings. The van der Waals surface area contributed by atoms with Crippen LogP contribution < -0.4 is 5.32 Å². The van der Waals surface area contributed by atoms with Crippen LogP contribution in [0.4, 0.5) is 5.69 Å². The Kier molecular flexibility index (Phi) is 2.47. The summed E-state index contributed by atoms with van der Waals surface area (Å²) in [6.07, 6.45) is 3.26. The fourth-order valence-electron chi connectivity index (χ4n) is 2.04. The average Bonchev–Trinajstić information content (AvgIpc) is 2.19. The van der Waals surface area contributed by atoms with E-state index in [1.165, 1.54) is 11.1 Å². The van der Waals surface area contributed by atoms with Gasteiger partial charge in [0.15, 0.2) is 0 Å². The van der Waals surface area contributed by atoms with Gasteiger partial charge in [0, 0.05) is 19.0 Å². The topological polar surface area (TPSA) is 42.0 Å². The summed E-state index contributed by atoms with van der Waals surface area (Å²) in [4.78, 5) is 15.7. The number of nitrogens with zero attached hydrogens (tertiary/aromatic N) is 1. The molecule has 0 unspecified atom stereocenters. The highest BCUT2D eigenvalue weighted by molar-refractivity contribution is 5.94. The van der Waals surface area contributed by atoms with Gasteiger partial charge in [-0.1, -0.05) is 13.8 Å². The molecule has 0 aromatic carbocycles. The number of carbonyl (C=O) groups excluding carboxylic acids is 1. The first-order valence-corrected chi connectivity index (χ1v) is 5.38. The molecule has 1 amide bonds. The zero-order valence-corrected chi connectivity index (χ0v) is 9.42. The standard InChI is InChI=1S/C12H16N2O/c1-7(2)9-6-13-10-4-5-11(15)14-12(10)8(9)3/h6-7H,4-5H2,1-3H3,(H,14,15). The molecule has 0 saturated carbocycles. The predicted octanol–water partition coefficient (Wildman–Crippen LogP) is 2.40. The first kappa shape index (κ1) is 10.1. The number of aryl methyl sites for hydroxylation is 1. The number of rotatable bonds is 1. The zero-order valence-electron chi connectivity index (χ0n) is 9.42. The van der Waals surface area contributed by atoms with E-state index < -0.39 is 0 Å². The van der Waals surface area contributed by atoms with E-state index in [0.717, 1.165) is 17.8 Å². The van der Waals surface area contributed by atoms with Gasteiger partial charge < -0.3 is 5.32 Å². The summed E-state index contributed by atoms with van der Waals surface area (Å²) >= 11 is 0. The van der Waals surface area contributed by atoms with Crippen LogP contribution in [0, 0.1) is 6.92 Å². The van der Waals surface area contributed by atoms with Gasteiger partial charge in [0.2, 0.25) is 5.91 Å². The monoisotopic (exact) mass is 204 g/mol. The molecule has 15 heavy (non-hydrogen) atoms. The fourth-order valence-corrected chi connectivity index (χ4v) is 2.04. The molecule has 0 radical (unpaired) electrons. The number of hydrogen-bond acceptors (Lipinski definition) is 2. The SMILES string of the molecule is Cc1c(C(C)C)cnc2c1NC(=O)CC2. The summed E-state index contributed by atoms with van der Waals surface area (Å²) in [5, 5.41) is 2.92. The van der Waals surface area contributed by atoms with Crippen LogP contribution in [0.15, 0.2) is 6.20 Å². The number of aromatic nitrogens is 1. The second-order valence-electron chi connectivity index (χ2n) is 4.36. The Morgan fingerprint density at radius 1 is 1.40 bits per heavy atom. The van der Waals surface area contributed by atoms with E-state index >= 15 is 0 Å². The van der Waals surface area contributed by atoms with Crippen molar-refractivity contribution >= 4 is 11.6 Å². The summed E-state index contributed by atoms with van der Waals surface area (Å²) in [6, 6.07) is 0. The lowest BCUT2D eigenvalue weighted by Gasteiger charge is -2.21. The molecule has 0 fully saturated rings. The lowest BCUT2D eigenvalue weighted by molar-refractivity contribution is -0.116. The van der Waals surface area contributed by atoms with Crippen molar-refractivity contribution in [3.8, 4) is 0 Å². The van der Waals surface area contributed by atoms with Crippen LogP contribution in [0.25, 0.3) is 0 Å². The maximum atomic E-state index is 11.3. The lowest BCUT2D eigenvalue weighted by Crippen LogP contribution is -2.21. The molecule has 80 valence electrons. The van der Waals surface area contributed by atoms with Crippen molar-refractivity contribution in [3.63, 3.8) is 0 Å². The normalized spacial score (nSPS) is 15.1. The van der Waals surface area contributed by atoms with E-state index in [1.807, 2.05) is 6.20 Å². The Morgan fingerprint density at radius 3 is 2.80 bits per heavy atom. The summed E-state index contributed by atoms with van der Waals surface area (Å²) in [5.74, 6) is 0.551. The molecule has 2 heterocycles. The number of anilines is 1. The van der Waals surface area contributed by atoms with E-state index in [-0.39, 0.29) is 5.91 Å². The number of amides is 1. The summed E-state index contributed by atoms with van der Waals surface area (Å²) in [6.45, 7) is 6.34. The Bertz CT molecular complexity index is 410. The van der Waals surface area contributed by atoms with E-state index in [4.69, 9.17) is 0 Å². The average molecular weight is 204 g/mol. The van der Waals surface area contributed by atoms with Crippen molar-refractivity contribution in [2.45, 2.75) is 39.5 Å². The summed E-state index contributed by atoms with van der Waals surface area (Å²) < 4.78 is 0. The zero-order chi connectivity index (χ0) is 11.0. The lowest BCUT2D eigenvalue weighted by atomic mass is 9.96. The van der Waals surface area contributed by atoms with E-state index in [2.05, 4.69) is 31.1 Å². The Labute approximate surface area is 89.9 Å². The Hall–Kier alpha value is -1.38. The highest BCUT2D eigenvalue weighted by Crippen LogP contribution is 2.29. The molecule has 1 aliphatic heterocycles. The molecule has 1 N–H and O–H groups in total. The third-order valence-electron chi connectivity index (χ3n) is 2.93. The van der Waals surface area contributed by atoms with Crippen LogP contribution >= 0.6 is 0 Å². The van der Waals surface area contributed by atoms with Crippen molar-refractivity contribution < 1.29 is 4.79 Å². The highest BCUT2D eigenvalue weighted by atomic mass is 16.1. The highest BCUT2D eigenvalue weighted by Gasteiger charge is 2.19. The van der Waals surface area contributed by atoms with Gasteiger partial charge in [-0.25, -0.2) is 0 Å². The molecule has 3 nitrogen and oxygen atoms in total. The van der Waals surface area contributed by atoms with E-state index in [9.17, 15) is 4.79 Å². The molecule has 2 rings (SSSR count). The van der Waals surface area contributed by atoms with E-state index in [0.29, 0.717) is 12.3 Å². The number of fused-ring (bicyclic) bond motifs is 1. The van der Waals surface area contributed by atoms with Crippen LogP contribution in [0.2, 0.25) is 0 Å². The minimum atomic E-state index is 0.105. The van der Waals surface area contributed by atoms with Crippen molar-refractivity contribution in [2.75, 3.05) is 5.32 Å². The van der Waals surface area contributed by atoms with Gasteiger partial charge in [-0.05, 0) is 24.0 Å². The Balaban J connectivity index is 2.51. The maximum Gasteiger partial charge on any atom is 0.224 e. The maximum absolute atomic E-state index is 11.3. The molecule has 0 spiro atoms. The van der Waals surface area contributed by atoms with Crippen LogP contribution in [0.1, 0.15) is 43.0 Å². The van der Waals surface area contributed by atoms with Crippen molar-refractivity contribution in [2.24, 2.45) is 0 Å². The largest absolute Gasteiger partial charge is 0.324 e. The predicted molar refractivity (Wildman–Crippen MR) is 60.0 cm³/mol. The van der Waals surface area contributed by atoms with Gasteiger partial charge in [0.25, 0.3) is 0 Å². The van der Waals surface area contributed by atoms with Crippen LogP contribution in [-0.2, 0) is 11.2 Å². The van der Waals surface area contributed by atoms with Gasteiger partial charge in [-0.3, -0.25) is 9.78 Å². The molecule has 0 aliphatic carbocycles. The summed E-state index contributed by atoms with van der Waals surface area (Å²) in [7, 11) is 0. The van der Waals surface area contributed by atoms with Crippen LogP contribution in [0.3, 0.4) is 0 Å². The molecule has 0 saturated heterocycles. The third-order valence-corrected chi connectivity index (χ3v) is 2.93. The quantitative estimate of drug-likeness (QED) is 0.763. The number of hydrogen-bond donors (Lipinski definition) is 1. The summed E-state index contributed by atoms with van der Waals surface area (Å²) in [5.41, 5.74) is 4.35. The molecule has 0 bridgehead atoms. The number of carbonyl (C=O) groups is 1. The van der Waals surface area contributed by atoms with Gasteiger partial charge in [0.05, 0.1) is 11.4 Å². The second-order valence-corrected chi connectivity index (χ2v) is 4.36. The fraction of sp³-hybridized carbons (Fsp3) is 0.500. The molecule has 0 atom stereocenters. The first-order chi connectivity index (χ1) is 7.09. The van der Waals surface area contributed by atoms with E-state index in [1.54, 1.807) is 0 Å². The van der Waals surface area contributed by atoms with Gasteiger partial charge in [-0.15, -0.1) is 0 Å². The van der Waals surface area contributed by atoms with Gasteiger partial charge >= 0.3 is 0 Å². The molecular formula is C12H16N2O. The van der Waals surface area contributed by atoms with Crippen molar-refractivity contribution in [1.82, 2.24) is 4.98 Å². The van der Waals surface area contributed by atoms with Crippen molar-refractivity contribution in [3.05, 3.63) is 23.0 Å². The smallest absolute Gasteiger partial charge is 0.224 e. The second kappa shape index (κ2) is 3.65. The minimum absolute atomic E-state index is 0.105. The molecular weight excluding hydrogens is 188 g/mol. The molecule has 1 aromatic heterocycles. The Morgan fingerprint density at radius 2 is 2.13 bits per heavy atom. The van der Waals surface area contributed by atoms with Crippen LogP contribution in [0.5, 0.6) is 0 Å². The molecule has 3 heteroatoms. The van der Waals surface area contributed by atoms with Gasteiger partial charge in [0.1, 0.15) is 0 Å². The minimum Gasteiger partial charge on any atom is -0.324 e.